The van der Waals surface area contributed by atoms with Gasteiger partial charge in [0.1, 0.15) is 0 Å². The lowest BCUT2D eigenvalue weighted by Crippen LogP contribution is -2.17. The molecule has 1 N–H and O–H groups in total. The van der Waals surface area contributed by atoms with E-state index < -0.39 is 0 Å². The SMILES string of the molecule is CNC(=O)c1ccc(CSc2ccccn2)cc1. The van der Waals surface area contributed by atoms with E-state index in [9.17, 15) is 4.79 Å². The standard InChI is InChI=1S/C14H14N2OS/c1-15-14(17)12-7-5-11(6-8-12)10-18-13-4-2-3-9-16-13/h2-9H,10H2,1H3,(H,15,17). The van der Waals surface area contributed by atoms with Crippen LogP contribution in [-0.2, 0) is 5.75 Å². The number of aromatic nitrogens is 1. The third kappa shape index (κ3) is 3.34. The molecule has 0 radical (unpaired) electrons. The fourth-order valence-corrected chi connectivity index (χ4v) is 2.30. The molecular formula is C14H14N2OS. The minimum atomic E-state index is -0.0565. The van der Waals surface area contributed by atoms with E-state index in [-0.39, 0.29) is 5.91 Å². The highest BCUT2D eigenvalue weighted by molar-refractivity contribution is 7.98. The fourth-order valence-electron chi connectivity index (χ4n) is 1.49. The van der Waals surface area contributed by atoms with Gasteiger partial charge in [-0.15, -0.1) is 11.8 Å². The molecule has 0 bridgehead atoms. The van der Waals surface area contributed by atoms with Gasteiger partial charge < -0.3 is 5.32 Å². The van der Waals surface area contributed by atoms with Crippen molar-refractivity contribution in [3.05, 3.63) is 59.8 Å². The predicted octanol–water partition coefficient (Wildman–Crippen LogP) is 2.73. The van der Waals surface area contributed by atoms with Gasteiger partial charge in [0.15, 0.2) is 0 Å². The highest BCUT2D eigenvalue weighted by Crippen LogP contribution is 2.20. The van der Waals surface area contributed by atoms with Crippen LogP contribution in [-0.4, -0.2) is 17.9 Å². The smallest absolute Gasteiger partial charge is 0.251 e. The molecule has 2 rings (SSSR count). The number of hydrogen-bond acceptors (Lipinski definition) is 3. The number of nitrogens with zero attached hydrogens (tertiary/aromatic N) is 1. The Kier molecular flexibility index (Phi) is 4.36. The molecule has 0 unspecified atom stereocenters. The number of carbonyl (C=O) groups is 1. The monoisotopic (exact) mass is 258 g/mol. The summed E-state index contributed by atoms with van der Waals surface area (Å²) >= 11 is 1.68. The van der Waals surface area contributed by atoms with Gasteiger partial charge in [-0.25, -0.2) is 4.98 Å². The minimum Gasteiger partial charge on any atom is -0.355 e. The van der Waals surface area contributed by atoms with Gasteiger partial charge in [-0.05, 0) is 29.8 Å². The predicted molar refractivity (Wildman–Crippen MR) is 73.6 cm³/mol. The Labute approximate surface area is 111 Å². The highest BCUT2D eigenvalue weighted by Gasteiger charge is 2.02. The van der Waals surface area contributed by atoms with E-state index >= 15 is 0 Å². The topological polar surface area (TPSA) is 42.0 Å². The van der Waals surface area contributed by atoms with Crippen LogP contribution in [0.1, 0.15) is 15.9 Å². The summed E-state index contributed by atoms with van der Waals surface area (Å²) in [6, 6.07) is 13.5. The van der Waals surface area contributed by atoms with Crippen molar-refractivity contribution in [1.29, 1.82) is 0 Å². The number of benzene rings is 1. The molecule has 92 valence electrons. The van der Waals surface area contributed by atoms with Gasteiger partial charge in [0.2, 0.25) is 0 Å². The Bertz CT molecular complexity index is 511. The first-order chi connectivity index (χ1) is 8.79. The molecule has 18 heavy (non-hydrogen) atoms. The maximum absolute atomic E-state index is 11.4. The van der Waals surface area contributed by atoms with Crippen LogP contribution in [0.4, 0.5) is 0 Å². The zero-order chi connectivity index (χ0) is 12.8. The largest absolute Gasteiger partial charge is 0.355 e. The molecule has 0 saturated carbocycles. The number of carbonyl (C=O) groups excluding carboxylic acids is 1. The molecule has 0 aliphatic carbocycles. The van der Waals surface area contributed by atoms with Crippen LogP contribution in [0.2, 0.25) is 0 Å². The first-order valence-electron chi connectivity index (χ1n) is 5.64. The summed E-state index contributed by atoms with van der Waals surface area (Å²) in [6.07, 6.45) is 1.79. The van der Waals surface area contributed by atoms with Crippen molar-refractivity contribution in [2.24, 2.45) is 0 Å². The molecule has 1 amide bonds. The van der Waals surface area contributed by atoms with E-state index in [1.165, 1.54) is 5.56 Å². The zero-order valence-electron chi connectivity index (χ0n) is 10.1. The number of nitrogens with one attached hydrogen (secondary N) is 1. The van der Waals surface area contributed by atoms with Crippen molar-refractivity contribution in [3.63, 3.8) is 0 Å². The third-order valence-corrected chi connectivity index (χ3v) is 3.48. The summed E-state index contributed by atoms with van der Waals surface area (Å²) < 4.78 is 0. The maximum Gasteiger partial charge on any atom is 0.251 e. The van der Waals surface area contributed by atoms with Crippen LogP contribution in [0.5, 0.6) is 0 Å². The van der Waals surface area contributed by atoms with Gasteiger partial charge in [0.05, 0.1) is 5.03 Å². The Morgan fingerprint density at radius 1 is 1.22 bits per heavy atom. The summed E-state index contributed by atoms with van der Waals surface area (Å²) in [5.41, 5.74) is 1.86. The van der Waals surface area contributed by atoms with Crippen LogP contribution >= 0.6 is 11.8 Å². The van der Waals surface area contributed by atoms with Gasteiger partial charge in [-0.2, -0.15) is 0 Å². The molecule has 1 heterocycles. The second-order valence-electron chi connectivity index (χ2n) is 3.73. The summed E-state index contributed by atoms with van der Waals surface area (Å²) in [4.78, 5) is 15.6. The molecule has 0 saturated heterocycles. The number of hydrogen-bond donors (Lipinski definition) is 1. The lowest BCUT2D eigenvalue weighted by atomic mass is 10.1. The Hall–Kier alpha value is -1.81. The average Bonchev–Trinajstić information content (AvgIpc) is 2.46. The van der Waals surface area contributed by atoms with Crippen molar-refractivity contribution in [3.8, 4) is 0 Å². The molecule has 4 heteroatoms. The molecule has 0 fully saturated rings. The summed E-state index contributed by atoms with van der Waals surface area (Å²) in [6.45, 7) is 0. The van der Waals surface area contributed by atoms with Crippen molar-refractivity contribution >= 4 is 17.7 Å². The van der Waals surface area contributed by atoms with Gasteiger partial charge in [-0.3, -0.25) is 4.79 Å². The summed E-state index contributed by atoms with van der Waals surface area (Å²) in [7, 11) is 1.63. The van der Waals surface area contributed by atoms with Crippen LogP contribution in [0.3, 0.4) is 0 Å². The number of amides is 1. The van der Waals surface area contributed by atoms with E-state index in [0.29, 0.717) is 5.56 Å². The lowest BCUT2D eigenvalue weighted by Gasteiger charge is -2.03. The quantitative estimate of drug-likeness (QED) is 0.857. The van der Waals surface area contributed by atoms with E-state index in [1.807, 2.05) is 42.5 Å². The Morgan fingerprint density at radius 3 is 2.61 bits per heavy atom. The van der Waals surface area contributed by atoms with E-state index in [2.05, 4.69) is 10.3 Å². The minimum absolute atomic E-state index is 0.0565. The molecule has 0 atom stereocenters. The van der Waals surface area contributed by atoms with Crippen molar-refractivity contribution in [2.45, 2.75) is 10.8 Å². The molecular weight excluding hydrogens is 244 g/mol. The molecule has 0 aliphatic heterocycles. The number of rotatable bonds is 4. The summed E-state index contributed by atoms with van der Waals surface area (Å²) in [5.74, 6) is 0.796. The highest BCUT2D eigenvalue weighted by atomic mass is 32.2. The van der Waals surface area contributed by atoms with Crippen LogP contribution in [0.15, 0.2) is 53.7 Å². The Morgan fingerprint density at radius 2 is 2.00 bits per heavy atom. The normalized spacial score (nSPS) is 10.1. The van der Waals surface area contributed by atoms with E-state index in [0.717, 1.165) is 10.8 Å². The number of thioether (sulfide) groups is 1. The van der Waals surface area contributed by atoms with Crippen molar-refractivity contribution < 1.29 is 4.79 Å². The molecule has 2 aromatic rings. The third-order valence-electron chi connectivity index (χ3n) is 2.47. The molecule has 1 aromatic carbocycles. The van der Waals surface area contributed by atoms with Crippen LogP contribution in [0, 0.1) is 0 Å². The van der Waals surface area contributed by atoms with Crippen molar-refractivity contribution in [2.75, 3.05) is 7.05 Å². The first kappa shape index (κ1) is 12.6. The van der Waals surface area contributed by atoms with E-state index in [4.69, 9.17) is 0 Å². The van der Waals surface area contributed by atoms with Crippen molar-refractivity contribution in [1.82, 2.24) is 10.3 Å². The van der Waals surface area contributed by atoms with Gasteiger partial charge in [0.25, 0.3) is 5.91 Å². The Balaban J connectivity index is 1.97. The second kappa shape index (κ2) is 6.21. The molecule has 1 aromatic heterocycles. The van der Waals surface area contributed by atoms with Gasteiger partial charge >= 0.3 is 0 Å². The molecule has 0 aliphatic rings. The molecule has 0 spiro atoms. The van der Waals surface area contributed by atoms with Gasteiger partial charge in [-0.1, -0.05) is 18.2 Å². The van der Waals surface area contributed by atoms with E-state index in [1.54, 1.807) is 25.0 Å². The second-order valence-corrected chi connectivity index (χ2v) is 4.73. The zero-order valence-corrected chi connectivity index (χ0v) is 10.9. The first-order valence-corrected chi connectivity index (χ1v) is 6.63. The number of pyridine rings is 1. The average molecular weight is 258 g/mol. The maximum atomic E-state index is 11.4. The molecule has 3 nitrogen and oxygen atoms in total. The van der Waals surface area contributed by atoms with Crippen LogP contribution < -0.4 is 5.32 Å². The lowest BCUT2D eigenvalue weighted by molar-refractivity contribution is 0.0963. The summed E-state index contributed by atoms with van der Waals surface area (Å²) in [5, 5.41) is 3.61. The fraction of sp³-hybridized carbons (Fsp3) is 0.143. The van der Waals surface area contributed by atoms with Gasteiger partial charge in [0, 0.05) is 24.6 Å². The van der Waals surface area contributed by atoms with Crippen LogP contribution in [0.25, 0.3) is 0 Å².